The van der Waals surface area contributed by atoms with Crippen molar-refractivity contribution < 1.29 is 4.39 Å². The second-order valence-corrected chi connectivity index (χ2v) is 6.80. The molecule has 0 spiro atoms. The van der Waals surface area contributed by atoms with Crippen LogP contribution in [0.2, 0.25) is 0 Å². The van der Waals surface area contributed by atoms with Crippen molar-refractivity contribution in [2.75, 3.05) is 0 Å². The summed E-state index contributed by atoms with van der Waals surface area (Å²) in [6.45, 7) is 0. The summed E-state index contributed by atoms with van der Waals surface area (Å²) in [5.41, 5.74) is 0.974. The number of halogens is 4. The van der Waals surface area contributed by atoms with Crippen LogP contribution in [0.3, 0.4) is 0 Å². The zero-order chi connectivity index (χ0) is 15.7. The molecule has 0 radical (unpaired) electrons. The van der Waals surface area contributed by atoms with Gasteiger partial charge >= 0.3 is 0 Å². The molecule has 3 rings (SSSR count). The molecule has 1 aromatic heterocycles. The molecule has 0 fully saturated rings. The molecule has 3 aromatic rings. The van der Waals surface area contributed by atoms with Crippen molar-refractivity contribution in [1.82, 2.24) is 20.4 Å². The Morgan fingerprint density at radius 1 is 0.636 bits per heavy atom. The summed E-state index contributed by atoms with van der Waals surface area (Å²) >= 11 is 10.2. The van der Waals surface area contributed by atoms with Crippen molar-refractivity contribution in [3.63, 3.8) is 0 Å². The van der Waals surface area contributed by atoms with Gasteiger partial charge in [0, 0.05) is 13.4 Å². The van der Waals surface area contributed by atoms with E-state index < -0.39 is 5.82 Å². The predicted octanol–water partition coefficient (Wildman–Crippen LogP) is 5.03. The van der Waals surface area contributed by atoms with E-state index >= 15 is 0 Å². The minimum absolute atomic E-state index is 0.122. The number of hydrogen-bond acceptors (Lipinski definition) is 4. The van der Waals surface area contributed by atoms with E-state index in [1.54, 1.807) is 12.1 Å². The van der Waals surface area contributed by atoms with E-state index in [9.17, 15) is 4.39 Å². The van der Waals surface area contributed by atoms with E-state index in [2.05, 4.69) is 68.2 Å². The SMILES string of the molecule is Fc1cccc(Br)c1-c1nnc(-c2c(Br)cccc2Br)nn1. The summed E-state index contributed by atoms with van der Waals surface area (Å²) in [5.74, 6) is 0.0280. The van der Waals surface area contributed by atoms with Crippen LogP contribution in [0.25, 0.3) is 22.8 Å². The molecule has 2 aromatic carbocycles. The first kappa shape index (κ1) is 15.6. The van der Waals surface area contributed by atoms with Gasteiger partial charge in [0.2, 0.25) is 11.6 Å². The molecule has 0 saturated heterocycles. The van der Waals surface area contributed by atoms with Crippen LogP contribution in [0.15, 0.2) is 49.8 Å². The van der Waals surface area contributed by atoms with Crippen molar-refractivity contribution in [1.29, 1.82) is 0 Å². The average Bonchev–Trinajstić information content (AvgIpc) is 2.48. The van der Waals surface area contributed by atoms with E-state index in [1.165, 1.54) is 6.07 Å². The molecule has 4 nitrogen and oxygen atoms in total. The van der Waals surface area contributed by atoms with Crippen LogP contribution in [0.1, 0.15) is 0 Å². The Balaban J connectivity index is 2.08. The Hall–Kier alpha value is -1.25. The molecular weight excluding hydrogens is 483 g/mol. The molecule has 0 amide bonds. The maximum atomic E-state index is 13.9. The van der Waals surface area contributed by atoms with E-state index in [1.807, 2.05) is 18.2 Å². The molecule has 0 atom stereocenters. The summed E-state index contributed by atoms with van der Waals surface area (Å²) in [5, 5.41) is 16.1. The van der Waals surface area contributed by atoms with Crippen LogP contribution in [0, 0.1) is 5.82 Å². The molecule has 0 unspecified atom stereocenters. The van der Waals surface area contributed by atoms with Crippen LogP contribution in [-0.4, -0.2) is 20.4 Å². The first-order chi connectivity index (χ1) is 10.6. The molecule has 0 aliphatic heterocycles. The second kappa shape index (κ2) is 6.47. The number of benzene rings is 2. The molecule has 0 aliphatic carbocycles. The van der Waals surface area contributed by atoms with Crippen LogP contribution in [-0.2, 0) is 0 Å². The van der Waals surface area contributed by atoms with Crippen LogP contribution >= 0.6 is 47.8 Å². The number of aromatic nitrogens is 4. The van der Waals surface area contributed by atoms with Gasteiger partial charge in [0.1, 0.15) is 5.82 Å². The number of nitrogens with zero attached hydrogens (tertiary/aromatic N) is 4. The third-order valence-electron chi connectivity index (χ3n) is 2.85. The van der Waals surface area contributed by atoms with E-state index in [0.717, 1.165) is 14.5 Å². The standard InChI is InChI=1S/C14H6Br3FN4/c15-7-3-1-4-8(16)11(7)13-19-21-14(22-20-13)12-9(17)5-2-6-10(12)18/h1-6H. The monoisotopic (exact) mass is 486 g/mol. The molecule has 1 heterocycles. The minimum atomic E-state index is -0.437. The highest BCUT2D eigenvalue weighted by atomic mass is 79.9. The Morgan fingerprint density at radius 3 is 1.55 bits per heavy atom. The molecule has 22 heavy (non-hydrogen) atoms. The number of hydrogen-bond donors (Lipinski definition) is 0. The molecule has 0 aliphatic rings. The summed E-state index contributed by atoms with van der Waals surface area (Å²) in [6.07, 6.45) is 0. The molecule has 0 N–H and O–H groups in total. The lowest BCUT2D eigenvalue weighted by Gasteiger charge is -2.06. The van der Waals surface area contributed by atoms with Gasteiger partial charge in [-0.25, -0.2) is 4.39 Å². The van der Waals surface area contributed by atoms with Crippen molar-refractivity contribution in [2.24, 2.45) is 0 Å². The average molecular weight is 489 g/mol. The van der Waals surface area contributed by atoms with E-state index in [0.29, 0.717) is 10.3 Å². The van der Waals surface area contributed by atoms with Crippen LogP contribution in [0.5, 0.6) is 0 Å². The summed E-state index contributed by atoms with van der Waals surface area (Å²) in [4.78, 5) is 0. The lowest BCUT2D eigenvalue weighted by atomic mass is 10.2. The minimum Gasteiger partial charge on any atom is -0.206 e. The highest BCUT2D eigenvalue weighted by Gasteiger charge is 2.16. The van der Waals surface area contributed by atoms with Crippen LogP contribution in [0.4, 0.5) is 4.39 Å². The second-order valence-electron chi connectivity index (χ2n) is 4.24. The van der Waals surface area contributed by atoms with Gasteiger partial charge in [0.25, 0.3) is 0 Å². The van der Waals surface area contributed by atoms with Crippen molar-refractivity contribution in [2.45, 2.75) is 0 Å². The van der Waals surface area contributed by atoms with Crippen LogP contribution < -0.4 is 0 Å². The normalized spacial score (nSPS) is 10.7. The number of rotatable bonds is 2. The fourth-order valence-corrected chi connectivity index (χ4v) is 3.72. The summed E-state index contributed by atoms with van der Waals surface area (Å²) in [6, 6.07) is 10.2. The quantitative estimate of drug-likeness (QED) is 0.508. The fourth-order valence-electron chi connectivity index (χ4n) is 1.85. The molecule has 0 bridgehead atoms. The first-order valence-corrected chi connectivity index (χ1v) is 8.42. The van der Waals surface area contributed by atoms with Gasteiger partial charge in [-0.3, -0.25) is 0 Å². The maximum Gasteiger partial charge on any atom is 0.207 e. The zero-order valence-electron chi connectivity index (χ0n) is 10.8. The van der Waals surface area contributed by atoms with E-state index in [4.69, 9.17) is 0 Å². The van der Waals surface area contributed by atoms with Gasteiger partial charge in [0.05, 0.1) is 11.1 Å². The first-order valence-electron chi connectivity index (χ1n) is 6.04. The predicted molar refractivity (Wildman–Crippen MR) is 91.6 cm³/mol. The van der Waals surface area contributed by atoms with Crippen molar-refractivity contribution >= 4 is 47.8 Å². The molecular formula is C14H6Br3FN4. The van der Waals surface area contributed by atoms with Gasteiger partial charge in [0.15, 0.2) is 0 Å². The lowest BCUT2D eigenvalue weighted by Crippen LogP contribution is -2.01. The Kier molecular flexibility index (Phi) is 4.60. The Labute approximate surface area is 150 Å². The van der Waals surface area contributed by atoms with Gasteiger partial charge in [-0.15, -0.1) is 20.4 Å². The maximum absolute atomic E-state index is 13.9. The van der Waals surface area contributed by atoms with Crippen molar-refractivity contribution in [3.8, 4) is 22.8 Å². The lowest BCUT2D eigenvalue weighted by molar-refractivity contribution is 0.627. The molecule has 8 heteroatoms. The highest BCUT2D eigenvalue weighted by molar-refractivity contribution is 9.11. The zero-order valence-corrected chi connectivity index (χ0v) is 15.5. The smallest absolute Gasteiger partial charge is 0.206 e. The molecule has 110 valence electrons. The van der Waals surface area contributed by atoms with Crippen molar-refractivity contribution in [3.05, 3.63) is 55.6 Å². The van der Waals surface area contributed by atoms with Gasteiger partial charge < -0.3 is 0 Å². The Bertz CT molecular complexity index is 729. The van der Waals surface area contributed by atoms with Gasteiger partial charge in [-0.1, -0.05) is 12.1 Å². The highest BCUT2D eigenvalue weighted by Crippen LogP contribution is 2.33. The summed E-state index contributed by atoms with van der Waals surface area (Å²) < 4.78 is 16.1. The summed E-state index contributed by atoms with van der Waals surface area (Å²) in [7, 11) is 0. The van der Waals surface area contributed by atoms with Gasteiger partial charge in [-0.2, -0.15) is 0 Å². The van der Waals surface area contributed by atoms with Gasteiger partial charge in [-0.05, 0) is 72.1 Å². The fraction of sp³-hybridized carbons (Fsp3) is 0. The Morgan fingerprint density at radius 2 is 1.05 bits per heavy atom. The van der Waals surface area contributed by atoms with E-state index in [-0.39, 0.29) is 11.4 Å². The largest absolute Gasteiger partial charge is 0.207 e. The third-order valence-corrected chi connectivity index (χ3v) is 4.83. The third kappa shape index (κ3) is 2.95. The molecule has 0 saturated carbocycles. The topological polar surface area (TPSA) is 51.6 Å².